The molecule has 0 saturated heterocycles. The second-order valence-electron chi connectivity index (χ2n) is 4.78. The number of anilines is 1. The zero-order chi connectivity index (χ0) is 18.6. The largest absolute Gasteiger partial charge is 0.503 e. The second kappa shape index (κ2) is 8.13. The molecule has 8 heteroatoms. The van der Waals surface area contributed by atoms with Gasteiger partial charge >= 0.3 is 0 Å². The van der Waals surface area contributed by atoms with Gasteiger partial charge in [0.1, 0.15) is 11.6 Å². The highest BCUT2D eigenvalue weighted by Gasteiger charge is 2.14. The Morgan fingerprint density at radius 2 is 2.00 bits per heavy atom. The molecule has 0 atom stereocenters. The molecule has 2 rings (SSSR count). The van der Waals surface area contributed by atoms with Gasteiger partial charge < -0.3 is 15.2 Å². The van der Waals surface area contributed by atoms with Gasteiger partial charge in [-0.1, -0.05) is 40.9 Å². The number of phenolic OH excluding ortho intramolecular Hbond substituents is 1. The topological polar surface area (TPSA) is 82.3 Å². The smallest absolute Gasteiger partial charge is 0.266 e. The Morgan fingerprint density at radius 3 is 2.64 bits per heavy atom. The fourth-order valence-electron chi connectivity index (χ4n) is 1.94. The summed E-state index contributed by atoms with van der Waals surface area (Å²) in [6, 6.07) is 9.39. The van der Waals surface area contributed by atoms with E-state index in [0.717, 1.165) is 0 Å². The van der Waals surface area contributed by atoms with E-state index in [9.17, 15) is 15.2 Å². The van der Waals surface area contributed by atoms with E-state index in [4.69, 9.17) is 39.5 Å². The predicted octanol–water partition coefficient (Wildman–Crippen LogP) is 4.91. The Kier molecular flexibility index (Phi) is 6.16. The normalized spacial score (nSPS) is 10.9. The molecule has 5 nitrogen and oxygen atoms in total. The zero-order valence-corrected chi connectivity index (χ0v) is 15.1. The summed E-state index contributed by atoms with van der Waals surface area (Å²) in [4.78, 5) is 12.3. The first-order valence-electron chi connectivity index (χ1n) is 6.81. The highest BCUT2D eigenvalue weighted by molar-refractivity contribution is 6.44. The van der Waals surface area contributed by atoms with Gasteiger partial charge in [-0.05, 0) is 35.9 Å². The average molecular weight is 398 g/mol. The molecule has 0 aromatic heterocycles. The lowest BCUT2D eigenvalue weighted by Crippen LogP contribution is -2.13. The molecule has 0 aliphatic carbocycles. The average Bonchev–Trinajstić information content (AvgIpc) is 2.59. The molecular formula is C17H11Cl3N2O3. The van der Waals surface area contributed by atoms with Crippen LogP contribution in [0.15, 0.2) is 35.9 Å². The molecule has 0 bridgehead atoms. The van der Waals surface area contributed by atoms with E-state index in [-0.39, 0.29) is 37.8 Å². The first kappa shape index (κ1) is 18.9. The monoisotopic (exact) mass is 396 g/mol. The second-order valence-corrected chi connectivity index (χ2v) is 5.97. The van der Waals surface area contributed by atoms with Crippen molar-refractivity contribution in [1.82, 2.24) is 0 Å². The van der Waals surface area contributed by atoms with Gasteiger partial charge in [-0.15, -0.1) is 0 Å². The number of carbonyl (C=O) groups is 1. The summed E-state index contributed by atoms with van der Waals surface area (Å²) < 4.78 is 4.99. The zero-order valence-electron chi connectivity index (χ0n) is 12.8. The lowest BCUT2D eigenvalue weighted by Gasteiger charge is -2.08. The lowest BCUT2D eigenvalue weighted by molar-refractivity contribution is -0.112. The molecule has 1 amide bonds. The molecule has 2 aromatic carbocycles. The minimum atomic E-state index is -0.671. The van der Waals surface area contributed by atoms with Gasteiger partial charge in [-0.25, -0.2) is 0 Å². The lowest BCUT2D eigenvalue weighted by atomic mass is 10.1. The van der Waals surface area contributed by atoms with Crippen molar-refractivity contribution < 1.29 is 14.6 Å². The highest BCUT2D eigenvalue weighted by Crippen LogP contribution is 2.35. The summed E-state index contributed by atoms with van der Waals surface area (Å²) in [6.07, 6.45) is 1.31. The van der Waals surface area contributed by atoms with E-state index in [0.29, 0.717) is 5.56 Å². The van der Waals surface area contributed by atoms with Gasteiger partial charge in [-0.3, -0.25) is 4.79 Å². The number of halogens is 3. The number of carbonyl (C=O) groups excluding carboxylic acids is 1. The van der Waals surface area contributed by atoms with Crippen LogP contribution in [0, 0.1) is 11.3 Å². The van der Waals surface area contributed by atoms with Crippen LogP contribution >= 0.6 is 34.8 Å². The number of ether oxygens (including phenoxy) is 1. The number of amides is 1. The summed E-state index contributed by atoms with van der Waals surface area (Å²) in [5.41, 5.74) is 0.491. The molecule has 0 unspecified atom stereocenters. The Morgan fingerprint density at radius 1 is 1.28 bits per heavy atom. The van der Waals surface area contributed by atoms with Gasteiger partial charge in [0.2, 0.25) is 0 Å². The summed E-state index contributed by atoms with van der Waals surface area (Å²) in [6.45, 7) is 0. The number of hydrogen-bond acceptors (Lipinski definition) is 4. The maximum Gasteiger partial charge on any atom is 0.266 e. The fraction of sp³-hybridized carbons (Fsp3) is 0.0588. The van der Waals surface area contributed by atoms with Crippen LogP contribution in [0.4, 0.5) is 5.69 Å². The highest BCUT2D eigenvalue weighted by atomic mass is 35.5. The number of benzene rings is 2. The molecular weight excluding hydrogens is 387 g/mol. The number of phenols is 1. The van der Waals surface area contributed by atoms with E-state index in [1.807, 2.05) is 0 Å². The van der Waals surface area contributed by atoms with Gasteiger partial charge in [0.15, 0.2) is 11.5 Å². The van der Waals surface area contributed by atoms with Crippen LogP contribution in [0.25, 0.3) is 6.08 Å². The molecule has 0 radical (unpaired) electrons. The first-order chi connectivity index (χ1) is 11.9. The van der Waals surface area contributed by atoms with Crippen molar-refractivity contribution in [3.05, 3.63) is 56.5 Å². The molecule has 2 N–H and O–H groups in total. The third-order valence-corrected chi connectivity index (χ3v) is 4.25. The molecule has 0 aliphatic rings. The van der Waals surface area contributed by atoms with Crippen molar-refractivity contribution in [2.45, 2.75) is 0 Å². The van der Waals surface area contributed by atoms with Gasteiger partial charge in [-0.2, -0.15) is 5.26 Å². The van der Waals surface area contributed by atoms with Crippen LogP contribution in [0.1, 0.15) is 5.56 Å². The molecule has 0 spiro atoms. The molecule has 0 fully saturated rings. The van der Waals surface area contributed by atoms with Crippen molar-refractivity contribution in [3.63, 3.8) is 0 Å². The number of rotatable bonds is 4. The van der Waals surface area contributed by atoms with E-state index in [1.165, 1.54) is 25.3 Å². The quantitative estimate of drug-likeness (QED) is 0.567. The van der Waals surface area contributed by atoms with E-state index >= 15 is 0 Å². The maximum absolute atomic E-state index is 12.3. The van der Waals surface area contributed by atoms with Crippen molar-refractivity contribution in [3.8, 4) is 17.6 Å². The predicted molar refractivity (Wildman–Crippen MR) is 98.4 cm³/mol. The standard InChI is InChI=1S/C17H11Cl3N2O3/c1-25-14-7-9(6-12(19)16(14)23)5-10(8-21)17(24)22-13-4-2-3-11(18)15(13)20/h2-7,23H,1H3,(H,22,24)/b10-5+. The molecule has 25 heavy (non-hydrogen) atoms. The van der Waals surface area contributed by atoms with Crippen LogP contribution in [0.3, 0.4) is 0 Å². The number of methoxy groups -OCH3 is 1. The molecule has 0 heterocycles. The molecule has 0 aliphatic heterocycles. The minimum Gasteiger partial charge on any atom is -0.503 e. The SMILES string of the molecule is COc1cc(/C=C(\C#N)C(=O)Nc2cccc(Cl)c2Cl)cc(Cl)c1O. The number of nitriles is 1. The Hall–Kier alpha value is -2.39. The molecule has 2 aromatic rings. The summed E-state index contributed by atoms with van der Waals surface area (Å²) >= 11 is 17.8. The van der Waals surface area contributed by atoms with Crippen LogP contribution in [0.5, 0.6) is 11.5 Å². The van der Waals surface area contributed by atoms with Crippen molar-refractivity contribution in [2.24, 2.45) is 0 Å². The van der Waals surface area contributed by atoms with E-state index in [1.54, 1.807) is 24.3 Å². The van der Waals surface area contributed by atoms with Gasteiger partial charge in [0.25, 0.3) is 5.91 Å². The Bertz CT molecular complexity index is 905. The summed E-state index contributed by atoms with van der Waals surface area (Å²) in [5.74, 6) is -0.779. The fourth-order valence-corrected chi connectivity index (χ4v) is 2.50. The minimum absolute atomic E-state index is 0.0289. The van der Waals surface area contributed by atoms with Crippen molar-refractivity contribution in [2.75, 3.05) is 12.4 Å². The van der Waals surface area contributed by atoms with E-state index in [2.05, 4.69) is 5.32 Å². The number of nitrogens with zero attached hydrogens (tertiary/aromatic N) is 1. The maximum atomic E-state index is 12.3. The van der Waals surface area contributed by atoms with Crippen LogP contribution < -0.4 is 10.1 Å². The van der Waals surface area contributed by atoms with E-state index < -0.39 is 5.91 Å². The Balaban J connectivity index is 2.34. The number of hydrogen-bond donors (Lipinski definition) is 2. The summed E-state index contributed by atoms with van der Waals surface area (Å²) in [7, 11) is 1.36. The number of aromatic hydroxyl groups is 1. The third-order valence-electron chi connectivity index (χ3n) is 3.15. The van der Waals surface area contributed by atoms with Crippen LogP contribution in [-0.4, -0.2) is 18.1 Å². The van der Waals surface area contributed by atoms with Gasteiger partial charge in [0.05, 0.1) is 27.9 Å². The van der Waals surface area contributed by atoms with Crippen LogP contribution in [0.2, 0.25) is 15.1 Å². The summed E-state index contributed by atoms with van der Waals surface area (Å²) in [5, 5.41) is 22.0. The van der Waals surface area contributed by atoms with Crippen molar-refractivity contribution >= 4 is 52.5 Å². The third kappa shape index (κ3) is 4.37. The first-order valence-corrected chi connectivity index (χ1v) is 7.94. The van der Waals surface area contributed by atoms with Gasteiger partial charge in [0, 0.05) is 0 Å². The van der Waals surface area contributed by atoms with Crippen molar-refractivity contribution in [1.29, 1.82) is 5.26 Å². The van der Waals surface area contributed by atoms with Crippen LogP contribution in [-0.2, 0) is 4.79 Å². The molecule has 128 valence electrons. The molecule has 0 saturated carbocycles. The number of nitrogens with one attached hydrogen (secondary N) is 1. The Labute approximate surface area is 159 Å².